The first-order valence-electron chi connectivity index (χ1n) is 17.4. The minimum Gasteiger partial charge on any atom is -0.489 e. The molecule has 3 aromatic rings. The van der Waals surface area contributed by atoms with Gasteiger partial charge in [0.2, 0.25) is 23.6 Å². The fourth-order valence-corrected chi connectivity index (χ4v) is 6.19. The number of benzene rings is 3. The van der Waals surface area contributed by atoms with Crippen LogP contribution in [0, 0.1) is 0 Å². The van der Waals surface area contributed by atoms with Crippen molar-refractivity contribution in [3.05, 3.63) is 102 Å². The number of carbonyl (C=O) groups is 5. The summed E-state index contributed by atoms with van der Waals surface area (Å²) in [4.78, 5) is 69.1. The lowest BCUT2D eigenvalue weighted by Crippen LogP contribution is -2.65. The van der Waals surface area contributed by atoms with Crippen molar-refractivity contribution in [1.82, 2.24) is 20.9 Å². The SMILES string of the molecule is CC[C@]1(C)NC(=O)[C@H](CCCCOC(=O)c2ccccc2)NC(=O)[C@H]2CCCN2C(=O)[C@H](Cc2ccc(OCc3ccccc3)cc2)NC1=O. The van der Waals surface area contributed by atoms with Crippen LogP contribution < -0.4 is 20.7 Å². The molecule has 0 saturated carbocycles. The Kier molecular flexibility index (Phi) is 12.2. The predicted molar refractivity (Wildman–Crippen MR) is 187 cm³/mol. The zero-order valence-corrected chi connectivity index (χ0v) is 28.7. The molecule has 3 N–H and O–H groups in total. The van der Waals surface area contributed by atoms with E-state index in [9.17, 15) is 24.0 Å². The molecule has 0 unspecified atom stereocenters. The molecule has 0 bridgehead atoms. The van der Waals surface area contributed by atoms with Crippen LogP contribution >= 0.6 is 0 Å². The van der Waals surface area contributed by atoms with E-state index in [4.69, 9.17) is 9.47 Å². The number of fused-ring (bicyclic) bond motifs is 1. The number of rotatable bonds is 12. The van der Waals surface area contributed by atoms with E-state index in [0.717, 1.165) is 11.1 Å². The Balaban J connectivity index is 1.26. The van der Waals surface area contributed by atoms with E-state index in [1.165, 1.54) is 4.90 Å². The zero-order chi connectivity index (χ0) is 35.5. The lowest BCUT2D eigenvalue weighted by molar-refractivity contribution is -0.144. The third kappa shape index (κ3) is 9.28. The first kappa shape index (κ1) is 36.1. The van der Waals surface area contributed by atoms with Crippen LogP contribution in [0.2, 0.25) is 0 Å². The van der Waals surface area contributed by atoms with Crippen LogP contribution in [0.25, 0.3) is 0 Å². The second-order valence-corrected chi connectivity index (χ2v) is 13.1. The second-order valence-electron chi connectivity index (χ2n) is 13.1. The summed E-state index contributed by atoms with van der Waals surface area (Å²) >= 11 is 0. The number of ether oxygens (including phenoxy) is 2. The van der Waals surface area contributed by atoms with Crippen LogP contribution in [0.15, 0.2) is 84.9 Å². The highest BCUT2D eigenvalue weighted by Gasteiger charge is 2.43. The van der Waals surface area contributed by atoms with Gasteiger partial charge >= 0.3 is 5.97 Å². The zero-order valence-electron chi connectivity index (χ0n) is 28.7. The second kappa shape index (κ2) is 17.0. The molecule has 0 radical (unpaired) electrons. The van der Waals surface area contributed by atoms with Gasteiger partial charge in [0, 0.05) is 13.0 Å². The summed E-state index contributed by atoms with van der Waals surface area (Å²) in [5.74, 6) is -1.48. The summed E-state index contributed by atoms with van der Waals surface area (Å²) < 4.78 is 11.3. The van der Waals surface area contributed by atoms with Crippen molar-refractivity contribution >= 4 is 29.6 Å². The quantitative estimate of drug-likeness (QED) is 0.193. The molecular formula is C39H46N4O7. The Morgan fingerprint density at radius 3 is 2.24 bits per heavy atom. The van der Waals surface area contributed by atoms with E-state index in [1.807, 2.05) is 60.7 Å². The highest BCUT2D eigenvalue weighted by Crippen LogP contribution is 2.23. The summed E-state index contributed by atoms with van der Waals surface area (Å²) in [6, 6.07) is 23.2. The maximum atomic E-state index is 14.1. The summed E-state index contributed by atoms with van der Waals surface area (Å²) in [5, 5.41) is 8.66. The van der Waals surface area contributed by atoms with Gasteiger partial charge in [-0.3, -0.25) is 19.2 Å². The van der Waals surface area contributed by atoms with Crippen molar-refractivity contribution < 1.29 is 33.4 Å². The average molecular weight is 683 g/mol. The van der Waals surface area contributed by atoms with Gasteiger partial charge in [-0.05, 0) is 80.8 Å². The number of carbonyl (C=O) groups excluding carboxylic acids is 5. The van der Waals surface area contributed by atoms with Gasteiger partial charge in [0.25, 0.3) is 0 Å². The van der Waals surface area contributed by atoms with Crippen molar-refractivity contribution in [2.75, 3.05) is 13.2 Å². The van der Waals surface area contributed by atoms with E-state index in [1.54, 1.807) is 38.1 Å². The van der Waals surface area contributed by atoms with Crippen LogP contribution in [-0.4, -0.2) is 71.3 Å². The van der Waals surface area contributed by atoms with E-state index in [2.05, 4.69) is 16.0 Å². The van der Waals surface area contributed by atoms with Gasteiger partial charge in [-0.1, -0.05) is 67.6 Å². The maximum Gasteiger partial charge on any atom is 0.338 e. The molecule has 0 aromatic heterocycles. The molecule has 0 aliphatic carbocycles. The number of unbranched alkanes of at least 4 members (excludes halogenated alkanes) is 1. The normalized spacial score (nSPS) is 22.7. The van der Waals surface area contributed by atoms with Crippen molar-refractivity contribution in [3.63, 3.8) is 0 Å². The largest absolute Gasteiger partial charge is 0.489 e. The highest BCUT2D eigenvalue weighted by atomic mass is 16.5. The molecule has 0 spiro atoms. The smallest absolute Gasteiger partial charge is 0.338 e. The Hall–Kier alpha value is -5.19. The molecule has 2 heterocycles. The minimum atomic E-state index is -1.34. The maximum absolute atomic E-state index is 14.1. The molecule has 11 nitrogen and oxygen atoms in total. The number of hydrogen-bond donors (Lipinski definition) is 3. The molecule has 2 aliphatic heterocycles. The highest BCUT2D eigenvalue weighted by molar-refractivity contribution is 5.99. The van der Waals surface area contributed by atoms with Crippen LogP contribution in [0.4, 0.5) is 0 Å². The first-order chi connectivity index (χ1) is 24.2. The van der Waals surface area contributed by atoms with Crippen molar-refractivity contribution in [3.8, 4) is 5.75 Å². The van der Waals surface area contributed by atoms with Crippen molar-refractivity contribution in [2.45, 2.75) is 89.1 Å². The van der Waals surface area contributed by atoms with Crippen LogP contribution in [0.3, 0.4) is 0 Å². The standard InChI is InChI=1S/C39H46N4O7/c1-3-39(2)38(48)41-32(25-27-19-21-30(22-20-27)50-26-28-13-6-4-7-14-28)36(46)43-23-12-18-33(43)35(45)40-31(34(44)42-39)17-10-11-24-49-37(47)29-15-8-5-9-16-29/h4-9,13-16,19-22,31-33H,3,10-12,17-18,23-26H2,1-2H3,(H,40,45)(H,41,48)(H,42,44)/t31-,32-,33+,39-/m0/s1. The van der Waals surface area contributed by atoms with Gasteiger partial charge < -0.3 is 30.3 Å². The number of hydrogen-bond acceptors (Lipinski definition) is 7. The third-order valence-electron chi connectivity index (χ3n) is 9.42. The number of nitrogens with one attached hydrogen (secondary N) is 3. The first-order valence-corrected chi connectivity index (χ1v) is 17.4. The van der Waals surface area contributed by atoms with Gasteiger partial charge in [-0.15, -0.1) is 0 Å². The molecule has 11 heteroatoms. The number of esters is 1. The van der Waals surface area contributed by atoms with Gasteiger partial charge in [0.05, 0.1) is 12.2 Å². The fourth-order valence-electron chi connectivity index (χ4n) is 6.19. The minimum absolute atomic E-state index is 0.154. The molecule has 5 rings (SSSR count). The Labute approximate surface area is 293 Å². The van der Waals surface area contributed by atoms with E-state index in [0.29, 0.717) is 50.1 Å². The lowest BCUT2D eigenvalue weighted by Gasteiger charge is -2.36. The Morgan fingerprint density at radius 2 is 1.54 bits per heavy atom. The van der Waals surface area contributed by atoms with Crippen molar-refractivity contribution in [2.24, 2.45) is 0 Å². The topological polar surface area (TPSA) is 143 Å². The predicted octanol–water partition coefficient (Wildman–Crippen LogP) is 4.09. The Bertz CT molecular complexity index is 1630. The summed E-state index contributed by atoms with van der Waals surface area (Å²) in [5.41, 5.74) is 0.958. The van der Waals surface area contributed by atoms with Gasteiger partial charge in [0.15, 0.2) is 0 Å². The summed E-state index contributed by atoms with van der Waals surface area (Å²) in [7, 11) is 0. The van der Waals surface area contributed by atoms with Crippen LogP contribution in [0.1, 0.15) is 73.9 Å². The molecule has 2 fully saturated rings. The molecular weight excluding hydrogens is 636 g/mol. The van der Waals surface area contributed by atoms with Gasteiger partial charge in [-0.2, -0.15) is 0 Å². The Morgan fingerprint density at radius 1 is 0.840 bits per heavy atom. The number of nitrogens with zero attached hydrogens (tertiary/aromatic N) is 1. The average Bonchev–Trinajstić information content (AvgIpc) is 3.64. The van der Waals surface area contributed by atoms with Crippen LogP contribution in [0.5, 0.6) is 5.75 Å². The van der Waals surface area contributed by atoms with E-state index < -0.39 is 47.4 Å². The monoisotopic (exact) mass is 682 g/mol. The van der Waals surface area contributed by atoms with Crippen molar-refractivity contribution in [1.29, 1.82) is 0 Å². The molecule has 50 heavy (non-hydrogen) atoms. The van der Waals surface area contributed by atoms with E-state index >= 15 is 0 Å². The summed E-state index contributed by atoms with van der Waals surface area (Å²) in [6.07, 6.45) is 2.72. The van der Waals surface area contributed by atoms with Crippen LogP contribution in [-0.2, 0) is 36.9 Å². The molecule has 2 saturated heterocycles. The third-order valence-corrected chi connectivity index (χ3v) is 9.42. The molecule has 4 atom stereocenters. The van der Waals surface area contributed by atoms with E-state index in [-0.39, 0.29) is 31.8 Å². The van der Waals surface area contributed by atoms with Gasteiger partial charge in [-0.25, -0.2) is 4.79 Å². The number of amides is 4. The molecule has 264 valence electrons. The fraction of sp³-hybridized carbons (Fsp3) is 0.410. The molecule has 2 aliphatic rings. The molecule has 4 amide bonds. The lowest BCUT2D eigenvalue weighted by atomic mass is 9.94. The summed E-state index contributed by atoms with van der Waals surface area (Å²) in [6.45, 7) is 4.34. The molecule has 3 aromatic carbocycles. The van der Waals surface area contributed by atoms with Gasteiger partial charge in [0.1, 0.15) is 36.0 Å².